The van der Waals surface area contributed by atoms with Gasteiger partial charge in [-0.3, -0.25) is 9.63 Å². The van der Waals surface area contributed by atoms with Crippen LogP contribution < -0.4 is 0 Å². The summed E-state index contributed by atoms with van der Waals surface area (Å²) in [5.41, 5.74) is -0.453. The van der Waals surface area contributed by atoms with Gasteiger partial charge in [0.25, 0.3) is 0 Å². The van der Waals surface area contributed by atoms with Crippen molar-refractivity contribution in [3.05, 3.63) is 0 Å². The molecule has 0 amide bonds. The van der Waals surface area contributed by atoms with Crippen molar-refractivity contribution in [2.45, 2.75) is 53.3 Å². The molecule has 0 spiro atoms. The average molecular weight is 241 g/mol. The van der Waals surface area contributed by atoms with Gasteiger partial charge in [0.05, 0.1) is 18.1 Å². The van der Waals surface area contributed by atoms with E-state index < -0.39 is 0 Å². The summed E-state index contributed by atoms with van der Waals surface area (Å²) in [6.07, 6.45) is 0.0595. The Kier molecular flexibility index (Phi) is 2.79. The molecule has 2 aliphatic rings. The summed E-state index contributed by atoms with van der Waals surface area (Å²) in [5.74, 6) is 0.113. The molecule has 1 unspecified atom stereocenters. The molecular formula is C13H23NO3. The van der Waals surface area contributed by atoms with Gasteiger partial charge in [-0.1, -0.05) is 27.7 Å². The van der Waals surface area contributed by atoms with Crippen LogP contribution in [0.4, 0.5) is 0 Å². The summed E-state index contributed by atoms with van der Waals surface area (Å²) >= 11 is 0. The zero-order valence-corrected chi connectivity index (χ0v) is 11.6. The largest absolute Gasteiger partial charge is 0.466 e. The highest BCUT2D eigenvalue weighted by molar-refractivity contribution is 5.76. The SMILES string of the molecule is CCOC(=O)[C@H]1C(C)(C)[C@@H]2ON2[C@]1(C)C(C)C. The van der Waals surface area contributed by atoms with Crippen LogP contribution in [0.1, 0.15) is 41.5 Å². The Labute approximate surface area is 103 Å². The third kappa shape index (κ3) is 1.54. The minimum absolute atomic E-state index is 0.0595. The van der Waals surface area contributed by atoms with Gasteiger partial charge in [0.15, 0.2) is 6.23 Å². The first kappa shape index (κ1) is 12.8. The van der Waals surface area contributed by atoms with E-state index >= 15 is 0 Å². The molecule has 0 saturated carbocycles. The van der Waals surface area contributed by atoms with Crippen molar-refractivity contribution in [2.24, 2.45) is 17.3 Å². The monoisotopic (exact) mass is 241 g/mol. The van der Waals surface area contributed by atoms with Crippen molar-refractivity contribution in [1.82, 2.24) is 5.06 Å². The van der Waals surface area contributed by atoms with E-state index in [1.54, 1.807) is 0 Å². The Morgan fingerprint density at radius 3 is 2.47 bits per heavy atom. The number of fused-ring (bicyclic) bond motifs is 1. The van der Waals surface area contributed by atoms with Gasteiger partial charge in [-0.15, -0.1) is 5.06 Å². The van der Waals surface area contributed by atoms with Crippen molar-refractivity contribution in [3.8, 4) is 0 Å². The number of hydrogen-bond donors (Lipinski definition) is 0. The second-order valence-electron chi connectivity index (χ2n) is 6.17. The van der Waals surface area contributed by atoms with Crippen molar-refractivity contribution in [2.75, 3.05) is 6.61 Å². The number of carbonyl (C=O) groups excluding carboxylic acids is 1. The first-order valence-corrected chi connectivity index (χ1v) is 6.40. The minimum atomic E-state index is -0.263. The summed E-state index contributed by atoms with van der Waals surface area (Å²) < 4.78 is 5.25. The van der Waals surface area contributed by atoms with Gasteiger partial charge in [-0.05, 0) is 19.8 Å². The fourth-order valence-corrected chi connectivity index (χ4v) is 3.26. The zero-order chi connectivity index (χ0) is 13.0. The molecule has 2 rings (SSSR count). The van der Waals surface area contributed by atoms with Crippen LogP contribution in [0.2, 0.25) is 0 Å². The number of hydrogen-bond acceptors (Lipinski definition) is 4. The lowest BCUT2D eigenvalue weighted by molar-refractivity contribution is -0.162. The van der Waals surface area contributed by atoms with Crippen LogP contribution in [0.5, 0.6) is 0 Å². The highest BCUT2D eigenvalue weighted by atomic mass is 16.8. The quantitative estimate of drug-likeness (QED) is 0.561. The first-order valence-electron chi connectivity index (χ1n) is 6.40. The van der Waals surface area contributed by atoms with Crippen molar-refractivity contribution >= 4 is 5.97 Å². The van der Waals surface area contributed by atoms with Gasteiger partial charge in [0, 0.05) is 5.41 Å². The molecule has 2 heterocycles. The molecule has 0 N–H and O–H groups in total. The molecule has 2 saturated heterocycles. The predicted molar refractivity (Wildman–Crippen MR) is 63.9 cm³/mol. The zero-order valence-electron chi connectivity index (χ0n) is 11.6. The molecule has 98 valence electrons. The summed E-state index contributed by atoms with van der Waals surface area (Å²) in [5, 5.41) is 1.99. The fourth-order valence-electron chi connectivity index (χ4n) is 3.26. The van der Waals surface area contributed by atoms with Gasteiger partial charge >= 0.3 is 5.97 Å². The lowest BCUT2D eigenvalue weighted by Crippen LogP contribution is -2.51. The predicted octanol–water partition coefficient (Wildman–Crippen LogP) is 2.19. The molecule has 4 nitrogen and oxygen atoms in total. The average Bonchev–Trinajstić information content (AvgIpc) is 2.93. The van der Waals surface area contributed by atoms with Gasteiger partial charge in [0.1, 0.15) is 0 Å². The van der Waals surface area contributed by atoms with E-state index in [-0.39, 0.29) is 29.1 Å². The first-order chi connectivity index (χ1) is 7.77. The topological polar surface area (TPSA) is 41.8 Å². The third-order valence-corrected chi connectivity index (χ3v) is 4.51. The fraction of sp³-hybridized carbons (Fsp3) is 0.923. The second-order valence-corrected chi connectivity index (χ2v) is 6.17. The Hall–Kier alpha value is -0.610. The van der Waals surface area contributed by atoms with Gasteiger partial charge in [0.2, 0.25) is 0 Å². The molecule has 2 fully saturated rings. The Bertz CT molecular complexity index is 340. The molecule has 0 aromatic heterocycles. The maximum Gasteiger partial charge on any atom is 0.311 e. The number of ether oxygens (including phenoxy) is 1. The maximum absolute atomic E-state index is 12.2. The molecule has 0 bridgehead atoms. The molecular weight excluding hydrogens is 218 g/mol. The van der Waals surface area contributed by atoms with Crippen molar-refractivity contribution in [3.63, 3.8) is 0 Å². The highest BCUT2D eigenvalue weighted by Crippen LogP contribution is 2.61. The molecule has 0 aliphatic carbocycles. The molecule has 0 aromatic carbocycles. The lowest BCUT2D eigenvalue weighted by Gasteiger charge is -2.40. The molecule has 2 aliphatic heterocycles. The number of carbonyl (C=O) groups is 1. The summed E-state index contributed by atoms with van der Waals surface area (Å²) in [6.45, 7) is 12.8. The minimum Gasteiger partial charge on any atom is -0.466 e. The number of hydroxylamine groups is 2. The maximum atomic E-state index is 12.2. The molecule has 4 atom stereocenters. The Morgan fingerprint density at radius 1 is 1.41 bits per heavy atom. The van der Waals surface area contributed by atoms with Crippen LogP contribution in [0, 0.1) is 17.3 Å². The van der Waals surface area contributed by atoms with Crippen LogP contribution in [0.15, 0.2) is 0 Å². The Morgan fingerprint density at radius 2 is 2.00 bits per heavy atom. The lowest BCUT2D eigenvalue weighted by atomic mass is 9.68. The van der Waals surface area contributed by atoms with Crippen LogP contribution >= 0.6 is 0 Å². The number of esters is 1. The third-order valence-electron chi connectivity index (χ3n) is 4.51. The van der Waals surface area contributed by atoms with Crippen LogP contribution in [-0.4, -0.2) is 29.4 Å². The van der Waals surface area contributed by atoms with Crippen LogP contribution in [-0.2, 0) is 14.4 Å². The molecule has 4 heteroatoms. The van der Waals surface area contributed by atoms with Crippen LogP contribution in [0.3, 0.4) is 0 Å². The normalized spacial score (nSPS) is 42.4. The van der Waals surface area contributed by atoms with Crippen LogP contribution in [0.25, 0.3) is 0 Å². The second kappa shape index (κ2) is 3.69. The number of nitrogens with zero attached hydrogens (tertiary/aromatic N) is 1. The molecule has 17 heavy (non-hydrogen) atoms. The van der Waals surface area contributed by atoms with Gasteiger partial charge < -0.3 is 4.74 Å². The Balaban J connectivity index is 2.35. The summed E-state index contributed by atoms with van der Waals surface area (Å²) in [6, 6.07) is 0. The van der Waals surface area contributed by atoms with E-state index in [0.717, 1.165) is 0 Å². The standard InChI is InChI=1S/C13H23NO3/c1-7-16-10(15)9-12(4,5)11-14(17-11)13(9,6)8(2)3/h8-9,11H,7H2,1-6H3/t9-,11-,13+,14?/m0/s1. The summed E-state index contributed by atoms with van der Waals surface area (Å²) in [4.78, 5) is 17.9. The van der Waals surface area contributed by atoms with Gasteiger partial charge in [-0.25, -0.2) is 0 Å². The van der Waals surface area contributed by atoms with E-state index in [4.69, 9.17) is 9.57 Å². The van der Waals surface area contributed by atoms with E-state index in [0.29, 0.717) is 12.5 Å². The van der Waals surface area contributed by atoms with E-state index in [2.05, 4.69) is 34.6 Å². The molecule has 0 aromatic rings. The molecule has 0 radical (unpaired) electrons. The summed E-state index contributed by atoms with van der Waals surface area (Å²) in [7, 11) is 0. The van der Waals surface area contributed by atoms with Gasteiger partial charge in [-0.2, -0.15) is 0 Å². The van der Waals surface area contributed by atoms with E-state index in [1.165, 1.54) is 0 Å². The van der Waals surface area contributed by atoms with Crippen molar-refractivity contribution in [1.29, 1.82) is 0 Å². The van der Waals surface area contributed by atoms with E-state index in [1.807, 2.05) is 12.0 Å². The van der Waals surface area contributed by atoms with Crippen molar-refractivity contribution < 1.29 is 14.4 Å². The van der Waals surface area contributed by atoms with E-state index in [9.17, 15) is 4.79 Å². The smallest absolute Gasteiger partial charge is 0.311 e. The highest BCUT2D eigenvalue weighted by Gasteiger charge is 2.74. The number of rotatable bonds is 3.